The molecule has 6 N–H and O–H groups in total. The van der Waals surface area contributed by atoms with Crippen LogP contribution in [0.3, 0.4) is 0 Å². The van der Waals surface area contributed by atoms with Gasteiger partial charge in [0.15, 0.2) is 0 Å². The lowest BCUT2D eigenvalue weighted by molar-refractivity contribution is 0.100. The lowest BCUT2D eigenvalue weighted by Crippen LogP contribution is -2.42. The van der Waals surface area contributed by atoms with E-state index in [1.54, 1.807) is 0 Å². The zero-order valence-electron chi connectivity index (χ0n) is 14.5. The number of nitrogens with zero attached hydrogens (tertiary/aromatic N) is 2. The number of primary amides is 1. The van der Waals surface area contributed by atoms with E-state index in [0.29, 0.717) is 11.8 Å². The number of amides is 1. The van der Waals surface area contributed by atoms with Crippen LogP contribution >= 0.6 is 0 Å². The van der Waals surface area contributed by atoms with Crippen molar-refractivity contribution in [2.45, 2.75) is 44.7 Å². The predicted molar refractivity (Wildman–Crippen MR) is 98.9 cm³/mol. The number of carbonyl (C=O) groups is 1. The highest BCUT2D eigenvalue weighted by Gasteiger charge is 2.45. The second-order valence-corrected chi connectivity index (χ2v) is 6.65. The fourth-order valence-corrected chi connectivity index (χ4v) is 2.80. The molecule has 3 rings (SSSR count). The standard InChI is InChI=1S/C18H24N6O/c1-3-14(18(20)8-9-18)23-17-21-10-13(15(19)25)16(24-17)22-12-6-4-11(2)5-7-12/h4-7,10,14H,3,8-9,20H2,1-2H3,(H2,19,25)(H2,21,22,23,24)/t14-/m1/s1. The molecule has 0 radical (unpaired) electrons. The van der Waals surface area contributed by atoms with Crippen LogP contribution in [0.25, 0.3) is 0 Å². The molecule has 0 spiro atoms. The molecule has 2 aromatic rings. The van der Waals surface area contributed by atoms with E-state index >= 15 is 0 Å². The third kappa shape index (κ3) is 3.88. The highest BCUT2D eigenvalue weighted by molar-refractivity contribution is 5.98. The Bertz CT molecular complexity index is 770. The third-order valence-electron chi connectivity index (χ3n) is 4.60. The maximum Gasteiger partial charge on any atom is 0.254 e. The van der Waals surface area contributed by atoms with Gasteiger partial charge in [0.25, 0.3) is 5.91 Å². The van der Waals surface area contributed by atoms with Crippen LogP contribution in [0.1, 0.15) is 42.1 Å². The van der Waals surface area contributed by atoms with Crippen LogP contribution in [0.15, 0.2) is 30.5 Å². The van der Waals surface area contributed by atoms with E-state index in [9.17, 15) is 4.79 Å². The van der Waals surface area contributed by atoms with Gasteiger partial charge in [-0.3, -0.25) is 4.79 Å². The average molecular weight is 340 g/mol. The summed E-state index contributed by atoms with van der Waals surface area (Å²) < 4.78 is 0. The Hall–Kier alpha value is -2.67. The molecule has 132 valence electrons. The fourth-order valence-electron chi connectivity index (χ4n) is 2.80. The van der Waals surface area contributed by atoms with Gasteiger partial charge in [-0.05, 0) is 38.3 Å². The predicted octanol–water partition coefficient (Wildman–Crippen LogP) is 2.31. The van der Waals surface area contributed by atoms with Crippen LogP contribution in [-0.4, -0.2) is 27.5 Å². The first-order valence-corrected chi connectivity index (χ1v) is 8.47. The summed E-state index contributed by atoms with van der Waals surface area (Å²) in [5, 5.41) is 6.44. The lowest BCUT2D eigenvalue weighted by Gasteiger charge is -2.23. The zero-order valence-corrected chi connectivity index (χ0v) is 14.5. The number of carbonyl (C=O) groups excluding carboxylic acids is 1. The van der Waals surface area contributed by atoms with Crippen LogP contribution in [-0.2, 0) is 0 Å². The van der Waals surface area contributed by atoms with Crippen LogP contribution in [0.5, 0.6) is 0 Å². The summed E-state index contributed by atoms with van der Waals surface area (Å²) in [4.78, 5) is 20.4. The Kier molecular flexibility index (Phi) is 4.59. The SMILES string of the molecule is CC[C@@H](Nc1ncc(C(N)=O)c(Nc2ccc(C)cc2)n1)C1(N)CC1. The second-order valence-electron chi connectivity index (χ2n) is 6.65. The normalized spacial score (nSPS) is 16.1. The number of nitrogens with two attached hydrogens (primary N) is 2. The molecular weight excluding hydrogens is 316 g/mol. The number of anilines is 3. The molecule has 7 nitrogen and oxygen atoms in total. The molecule has 7 heteroatoms. The van der Waals surface area contributed by atoms with Gasteiger partial charge in [-0.25, -0.2) is 4.98 Å². The minimum Gasteiger partial charge on any atom is -0.365 e. The molecule has 1 aromatic carbocycles. The maximum absolute atomic E-state index is 11.7. The molecule has 0 unspecified atom stereocenters. The molecule has 1 atom stereocenters. The van der Waals surface area contributed by atoms with Gasteiger partial charge in [-0.2, -0.15) is 4.98 Å². The van der Waals surface area contributed by atoms with E-state index < -0.39 is 5.91 Å². The van der Waals surface area contributed by atoms with Crippen molar-refractivity contribution in [1.82, 2.24) is 9.97 Å². The van der Waals surface area contributed by atoms with E-state index in [2.05, 4.69) is 27.5 Å². The van der Waals surface area contributed by atoms with Crippen molar-refractivity contribution in [3.8, 4) is 0 Å². The van der Waals surface area contributed by atoms with E-state index in [4.69, 9.17) is 11.5 Å². The average Bonchev–Trinajstić information content (AvgIpc) is 3.33. The Balaban J connectivity index is 1.86. The van der Waals surface area contributed by atoms with Crippen molar-refractivity contribution in [1.29, 1.82) is 0 Å². The Labute approximate surface area is 147 Å². The van der Waals surface area contributed by atoms with E-state index in [0.717, 1.165) is 30.5 Å². The number of benzene rings is 1. The summed E-state index contributed by atoms with van der Waals surface area (Å²) in [7, 11) is 0. The molecule has 1 fully saturated rings. The van der Waals surface area contributed by atoms with Crippen LogP contribution in [0.4, 0.5) is 17.5 Å². The van der Waals surface area contributed by atoms with Crippen molar-refractivity contribution >= 4 is 23.4 Å². The molecule has 1 heterocycles. The number of aryl methyl sites for hydroxylation is 1. The van der Waals surface area contributed by atoms with Gasteiger partial charge in [0.2, 0.25) is 5.95 Å². The van der Waals surface area contributed by atoms with Crippen molar-refractivity contribution in [3.63, 3.8) is 0 Å². The number of hydrogen-bond donors (Lipinski definition) is 4. The fraction of sp³-hybridized carbons (Fsp3) is 0.389. The molecule has 1 amide bonds. The van der Waals surface area contributed by atoms with Crippen LogP contribution < -0.4 is 22.1 Å². The molecule has 0 saturated heterocycles. The van der Waals surface area contributed by atoms with Gasteiger partial charge in [0, 0.05) is 23.5 Å². The summed E-state index contributed by atoms with van der Waals surface area (Å²) in [5.41, 5.74) is 13.8. The van der Waals surface area contributed by atoms with Crippen molar-refractivity contribution in [2.24, 2.45) is 11.5 Å². The largest absolute Gasteiger partial charge is 0.365 e. The molecule has 25 heavy (non-hydrogen) atoms. The summed E-state index contributed by atoms with van der Waals surface area (Å²) in [6, 6.07) is 7.89. The van der Waals surface area contributed by atoms with Gasteiger partial charge >= 0.3 is 0 Å². The van der Waals surface area contributed by atoms with E-state index in [1.165, 1.54) is 6.20 Å². The van der Waals surface area contributed by atoms with E-state index in [1.807, 2.05) is 31.2 Å². The zero-order chi connectivity index (χ0) is 18.0. The smallest absolute Gasteiger partial charge is 0.254 e. The minimum atomic E-state index is -0.578. The van der Waals surface area contributed by atoms with Gasteiger partial charge in [0.05, 0.1) is 0 Å². The molecule has 0 bridgehead atoms. The maximum atomic E-state index is 11.7. The highest BCUT2D eigenvalue weighted by atomic mass is 16.1. The summed E-state index contributed by atoms with van der Waals surface area (Å²) in [5.74, 6) is 0.236. The van der Waals surface area contributed by atoms with Crippen LogP contribution in [0.2, 0.25) is 0 Å². The van der Waals surface area contributed by atoms with Crippen LogP contribution in [0, 0.1) is 6.92 Å². The molecule has 1 saturated carbocycles. The van der Waals surface area contributed by atoms with Crippen molar-refractivity contribution < 1.29 is 4.79 Å². The van der Waals surface area contributed by atoms with Gasteiger partial charge < -0.3 is 22.1 Å². The Morgan fingerprint density at radius 2 is 2.00 bits per heavy atom. The molecular formula is C18H24N6O. The summed E-state index contributed by atoms with van der Waals surface area (Å²) in [6.07, 6.45) is 4.30. The molecule has 1 aliphatic rings. The van der Waals surface area contributed by atoms with Gasteiger partial charge in [0.1, 0.15) is 11.4 Å². The lowest BCUT2D eigenvalue weighted by atomic mass is 10.1. The third-order valence-corrected chi connectivity index (χ3v) is 4.60. The van der Waals surface area contributed by atoms with Gasteiger partial charge in [-0.1, -0.05) is 24.6 Å². The summed E-state index contributed by atoms with van der Waals surface area (Å²) in [6.45, 7) is 4.09. The molecule has 0 aliphatic heterocycles. The number of nitrogens with one attached hydrogen (secondary N) is 2. The Morgan fingerprint density at radius 1 is 1.32 bits per heavy atom. The highest BCUT2D eigenvalue weighted by Crippen LogP contribution is 2.38. The van der Waals surface area contributed by atoms with Gasteiger partial charge in [-0.15, -0.1) is 0 Å². The van der Waals surface area contributed by atoms with Crippen molar-refractivity contribution in [3.05, 3.63) is 41.6 Å². The number of rotatable bonds is 7. The second kappa shape index (κ2) is 6.68. The molecule has 1 aromatic heterocycles. The van der Waals surface area contributed by atoms with Crippen molar-refractivity contribution in [2.75, 3.05) is 10.6 Å². The Morgan fingerprint density at radius 3 is 2.56 bits per heavy atom. The monoisotopic (exact) mass is 340 g/mol. The first-order chi connectivity index (χ1) is 11.9. The molecule has 1 aliphatic carbocycles. The van der Waals surface area contributed by atoms with E-state index in [-0.39, 0.29) is 17.1 Å². The minimum absolute atomic E-state index is 0.0964. The topological polar surface area (TPSA) is 119 Å². The number of aromatic nitrogens is 2. The first kappa shape index (κ1) is 17.2. The summed E-state index contributed by atoms with van der Waals surface area (Å²) >= 11 is 0. The number of hydrogen-bond acceptors (Lipinski definition) is 6. The quantitative estimate of drug-likeness (QED) is 0.614. The first-order valence-electron chi connectivity index (χ1n) is 8.47.